The molecule has 0 saturated heterocycles. The van der Waals surface area contributed by atoms with Crippen LogP contribution in [0.15, 0.2) is 47.0 Å². The molecule has 3 aromatic rings. The summed E-state index contributed by atoms with van der Waals surface area (Å²) in [6.45, 7) is 3.88. The Hall–Kier alpha value is -1.16. The molecule has 0 saturated carbocycles. The predicted molar refractivity (Wildman–Crippen MR) is 81.0 cm³/mol. The summed E-state index contributed by atoms with van der Waals surface area (Å²) in [4.78, 5) is 4.04. The number of rotatable bonds is 3. The molecule has 3 aromatic heterocycles. The molecule has 3 heterocycles. The highest BCUT2D eigenvalue weighted by atomic mass is 32.1. The van der Waals surface area contributed by atoms with Crippen LogP contribution in [0.5, 0.6) is 0 Å². The predicted octanol–water partition coefficient (Wildman–Crippen LogP) is 5.85. The SMILES string of the molecule is C=Cc1ccsc1-c1ccsc1-c1cccs1. The normalized spacial score (nSPS) is 10.6. The monoisotopic (exact) mass is 274 g/mol. The highest BCUT2D eigenvalue weighted by Gasteiger charge is 2.13. The van der Waals surface area contributed by atoms with E-state index in [-0.39, 0.29) is 0 Å². The van der Waals surface area contributed by atoms with Gasteiger partial charge < -0.3 is 0 Å². The lowest BCUT2D eigenvalue weighted by Crippen LogP contribution is -1.74. The molecule has 0 aliphatic heterocycles. The first-order valence-electron chi connectivity index (χ1n) is 5.22. The van der Waals surface area contributed by atoms with E-state index in [1.165, 1.54) is 25.8 Å². The molecule has 0 radical (unpaired) electrons. The lowest BCUT2D eigenvalue weighted by atomic mass is 10.1. The second kappa shape index (κ2) is 4.61. The summed E-state index contributed by atoms with van der Waals surface area (Å²) in [5.41, 5.74) is 2.56. The highest BCUT2D eigenvalue weighted by Crippen LogP contribution is 2.42. The minimum atomic E-state index is 1.23. The summed E-state index contributed by atoms with van der Waals surface area (Å²) >= 11 is 5.39. The molecule has 17 heavy (non-hydrogen) atoms. The van der Waals surface area contributed by atoms with Crippen LogP contribution in [-0.2, 0) is 0 Å². The Bertz CT molecular complexity index is 626. The fourth-order valence-electron chi connectivity index (χ4n) is 1.79. The minimum absolute atomic E-state index is 1.23. The van der Waals surface area contributed by atoms with Crippen molar-refractivity contribution in [1.29, 1.82) is 0 Å². The van der Waals surface area contributed by atoms with Crippen LogP contribution in [-0.4, -0.2) is 0 Å². The standard InChI is InChI=1S/C14H10S3/c1-2-10-5-8-16-13(10)11-6-9-17-14(11)12-4-3-7-15-12/h2-9H,1H2. The first-order valence-corrected chi connectivity index (χ1v) is 7.85. The molecule has 0 N–H and O–H groups in total. The van der Waals surface area contributed by atoms with Crippen molar-refractivity contribution in [3.8, 4) is 20.2 Å². The van der Waals surface area contributed by atoms with Crippen molar-refractivity contribution >= 4 is 40.1 Å². The second-order valence-corrected chi connectivity index (χ2v) is 6.33. The third kappa shape index (κ3) is 1.90. The highest BCUT2D eigenvalue weighted by molar-refractivity contribution is 7.21. The van der Waals surface area contributed by atoms with Crippen molar-refractivity contribution in [1.82, 2.24) is 0 Å². The van der Waals surface area contributed by atoms with E-state index in [2.05, 4.69) is 47.0 Å². The van der Waals surface area contributed by atoms with Crippen LogP contribution < -0.4 is 0 Å². The molecule has 0 spiro atoms. The Kier molecular flexibility index (Phi) is 2.97. The zero-order valence-corrected chi connectivity index (χ0v) is 11.5. The largest absolute Gasteiger partial charge is 0.143 e. The van der Waals surface area contributed by atoms with Crippen molar-refractivity contribution in [2.24, 2.45) is 0 Å². The van der Waals surface area contributed by atoms with Gasteiger partial charge in [-0.25, -0.2) is 0 Å². The van der Waals surface area contributed by atoms with Crippen LogP contribution in [0.2, 0.25) is 0 Å². The third-order valence-electron chi connectivity index (χ3n) is 2.57. The van der Waals surface area contributed by atoms with E-state index >= 15 is 0 Å². The van der Waals surface area contributed by atoms with Gasteiger partial charge in [0.15, 0.2) is 0 Å². The molecule has 0 bridgehead atoms. The van der Waals surface area contributed by atoms with Crippen LogP contribution in [0.4, 0.5) is 0 Å². The van der Waals surface area contributed by atoms with E-state index < -0.39 is 0 Å². The zero-order chi connectivity index (χ0) is 11.7. The first kappa shape index (κ1) is 11.0. The van der Waals surface area contributed by atoms with E-state index in [9.17, 15) is 0 Å². The topological polar surface area (TPSA) is 0 Å². The smallest absolute Gasteiger partial charge is 0.0529 e. The molecule has 3 rings (SSSR count). The maximum absolute atomic E-state index is 3.88. The summed E-state index contributed by atoms with van der Waals surface area (Å²) in [5.74, 6) is 0. The number of hydrogen-bond donors (Lipinski definition) is 0. The summed E-state index contributed by atoms with van der Waals surface area (Å²) in [6, 6.07) is 8.62. The quantitative estimate of drug-likeness (QED) is 0.562. The minimum Gasteiger partial charge on any atom is -0.143 e. The maximum atomic E-state index is 3.88. The lowest BCUT2D eigenvalue weighted by Gasteiger charge is -2.01. The molecule has 0 aromatic carbocycles. The fourth-order valence-corrected chi connectivity index (χ4v) is 4.57. The van der Waals surface area contributed by atoms with Gasteiger partial charge in [-0.2, -0.15) is 0 Å². The van der Waals surface area contributed by atoms with Crippen molar-refractivity contribution in [3.05, 3.63) is 52.5 Å². The van der Waals surface area contributed by atoms with Gasteiger partial charge in [-0.15, -0.1) is 34.0 Å². The Morgan fingerprint density at radius 2 is 1.71 bits per heavy atom. The Labute approximate surface area is 113 Å². The summed E-state index contributed by atoms with van der Waals surface area (Å²) < 4.78 is 0. The van der Waals surface area contributed by atoms with Crippen LogP contribution in [0, 0.1) is 0 Å². The van der Waals surface area contributed by atoms with Gasteiger partial charge in [0.1, 0.15) is 0 Å². The molecule has 0 unspecified atom stereocenters. The first-order chi connectivity index (χ1) is 8.40. The van der Waals surface area contributed by atoms with E-state index in [4.69, 9.17) is 0 Å². The molecular formula is C14H10S3. The molecule has 3 heteroatoms. The van der Waals surface area contributed by atoms with E-state index in [1.807, 2.05) is 17.4 Å². The third-order valence-corrected chi connectivity index (χ3v) is 5.50. The average Bonchev–Trinajstić information content (AvgIpc) is 3.09. The van der Waals surface area contributed by atoms with Crippen LogP contribution >= 0.6 is 34.0 Å². The average molecular weight is 274 g/mol. The lowest BCUT2D eigenvalue weighted by molar-refractivity contribution is 1.81. The van der Waals surface area contributed by atoms with Crippen molar-refractivity contribution in [2.45, 2.75) is 0 Å². The number of hydrogen-bond acceptors (Lipinski definition) is 3. The van der Waals surface area contributed by atoms with Crippen molar-refractivity contribution in [3.63, 3.8) is 0 Å². The van der Waals surface area contributed by atoms with Gasteiger partial charge in [0.05, 0.1) is 4.88 Å². The van der Waals surface area contributed by atoms with Gasteiger partial charge in [-0.3, -0.25) is 0 Å². The van der Waals surface area contributed by atoms with Crippen LogP contribution in [0.25, 0.3) is 26.3 Å². The Morgan fingerprint density at radius 3 is 2.47 bits per heavy atom. The Morgan fingerprint density at radius 1 is 0.882 bits per heavy atom. The van der Waals surface area contributed by atoms with Crippen molar-refractivity contribution < 1.29 is 0 Å². The van der Waals surface area contributed by atoms with Crippen molar-refractivity contribution in [2.75, 3.05) is 0 Å². The summed E-state index contributed by atoms with van der Waals surface area (Å²) in [7, 11) is 0. The van der Waals surface area contributed by atoms with E-state index in [0.717, 1.165) is 0 Å². The van der Waals surface area contributed by atoms with Gasteiger partial charge >= 0.3 is 0 Å². The van der Waals surface area contributed by atoms with Gasteiger partial charge in [-0.05, 0) is 39.9 Å². The maximum Gasteiger partial charge on any atom is 0.0529 e. The van der Waals surface area contributed by atoms with E-state index in [1.54, 1.807) is 22.7 Å². The van der Waals surface area contributed by atoms with Gasteiger partial charge in [0.2, 0.25) is 0 Å². The Balaban J connectivity index is 2.17. The summed E-state index contributed by atoms with van der Waals surface area (Å²) in [5, 5.41) is 6.42. The molecule has 0 fully saturated rings. The molecule has 0 nitrogen and oxygen atoms in total. The molecule has 0 atom stereocenters. The fraction of sp³-hybridized carbons (Fsp3) is 0. The zero-order valence-electron chi connectivity index (χ0n) is 9.05. The van der Waals surface area contributed by atoms with Crippen LogP contribution in [0.3, 0.4) is 0 Å². The molecular weight excluding hydrogens is 264 g/mol. The van der Waals surface area contributed by atoms with Gasteiger partial charge in [0, 0.05) is 15.3 Å². The molecule has 0 aliphatic rings. The molecule has 0 amide bonds. The summed E-state index contributed by atoms with van der Waals surface area (Å²) in [6.07, 6.45) is 1.93. The number of thiophene rings is 3. The molecule has 0 aliphatic carbocycles. The van der Waals surface area contributed by atoms with Gasteiger partial charge in [0.25, 0.3) is 0 Å². The van der Waals surface area contributed by atoms with E-state index in [0.29, 0.717) is 0 Å². The second-order valence-electron chi connectivity index (χ2n) is 3.55. The van der Waals surface area contributed by atoms with Crippen LogP contribution in [0.1, 0.15) is 5.56 Å². The van der Waals surface area contributed by atoms with Gasteiger partial charge in [-0.1, -0.05) is 18.7 Å². The molecule has 84 valence electrons.